The van der Waals surface area contributed by atoms with E-state index in [4.69, 9.17) is 11.6 Å². The number of halogens is 1. The number of alkyl halides is 1. The highest BCUT2D eigenvalue weighted by molar-refractivity contribution is 7.89. The normalized spacial score (nSPS) is 27.1. The minimum atomic E-state index is -4.04. The van der Waals surface area contributed by atoms with Crippen LogP contribution < -0.4 is 0 Å². The number of rotatable bonds is 3. The van der Waals surface area contributed by atoms with Gasteiger partial charge in [0.1, 0.15) is 0 Å². The van der Waals surface area contributed by atoms with Gasteiger partial charge in [-0.2, -0.15) is 0 Å². The number of hydrogen-bond acceptors (Lipinski definition) is 4. The maximum Gasteiger partial charge on any atom is 0.289 e. The SMILES string of the molecule is O=[N+]([O-])c1ccccc1S(=O)(=O)N1C=CC2C=CC1C2Cl. The summed E-state index contributed by atoms with van der Waals surface area (Å²) in [6.07, 6.45) is 6.67. The van der Waals surface area contributed by atoms with Gasteiger partial charge < -0.3 is 0 Å². The van der Waals surface area contributed by atoms with Crippen molar-refractivity contribution in [2.75, 3.05) is 0 Å². The lowest BCUT2D eigenvalue weighted by Gasteiger charge is -2.32. The number of nitro benzene ring substituents is 1. The average molecular weight is 327 g/mol. The highest BCUT2D eigenvalue weighted by Gasteiger charge is 2.42. The molecule has 1 aromatic carbocycles. The molecule has 3 rings (SSSR count). The molecule has 0 radical (unpaired) electrons. The number of sulfonamides is 1. The van der Waals surface area contributed by atoms with E-state index in [-0.39, 0.29) is 10.8 Å². The van der Waals surface area contributed by atoms with Crippen LogP contribution in [0, 0.1) is 16.0 Å². The van der Waals surface area contributed by atoms with Gasteiger partial charge in [-0.05, 0) is 6.07 Å². The Morgan fingerprint density at radius 2 is 1.90 bits per heavy atom. The third-order valence-corrected chi connectivity index (χ3v) is 5.96. The minimum absolute atomic E-state index is 0.00567. The molecule has 0 saturated carbocycles. The number of benzene rings is 1. The van der Waals surface area contributed by atoms with E-state index in [1.807, 2.05) is 6.08 Å². The smallest absolute Gasteiger partial charge is 0.265 e. The fraction of sp³-hybridized carbons (Fsp3) is 0.231. The summed E-state index contributed by atoms with van der Waals surface area (Å²) >= 11 is 6.22. The molecular formula is C13H11ClN2O4S. The number of hydrogen-bond donors (Lipinski definition) is 0. The zero-order valence-corrected chi connectivity index (χ0v) is 12.2. The first kappa shape index (κ1) is 14.1. The first-order chi connectivity index (χ1) is 9.93. The van der Waals surface area contributed by atoms with Crippen molar-refractivity contribution >= 4 is 27.3 Å². The molecule has 21 heavy (non-hydrogen) atoms. The number of nitro groups is 1. The van der Waals surface area contributed by atoms with Crippen molar-refractivity contribution in [2.24, 2.45) is 5.92 Å². The number of fused-ring (bicyclic) bond motifs is 2. The molecule has 1 aliphatic heterocycles. The van der Waals surface area contributed by atoms with Crippen LogP contribution in [0.1, 0.15) is 0 Å². The van der Waals surface area contributed by atoms with Crippen LogP contribution in [0.15, 0.2) is 53.6 Å². The molecule has 8 heteroatoms. The predicted octanol–water partition coefficient (Wildman–Crippen LogP) is 2.27. The Hall–Kier alpha value is -1.86. The fourth-order valence-electron chi connectivity index (χ4n) is 2.54. The van der Waals surface area contributed by atoms with Gasteiger partial charge in [0.15, 0.2) is 4.90 Å². The summed E-state index contributed by atoms with van der Waals surface area (Å²) in [4.78, 5) is 10.0. The highest BCUT2D eigenvalue weighted by Crippen LogP contribution is 2.37. The largest absolute Gasteiger partial charge is 0.289 e. The van der Waals surface area contributed by atoms with Gasteiger partial charge in [-0.1, -0.05) is 30.4 Å². The molecular weight excluding hydrogens is 316 g/mol. The monoisotopic (exact) mass is 326 g/mol. The van der Waals surface area contributed by atoms with Gasteiger partial charge in [0.05, 0.1) is 16.3 Å². The second-order valence-electron chi connectivity index (χ2n) is 4.80. The zero-order chi connectivity index (χ0) is 15.2. The highest BCUT2D eigenvalue weighted by atomic mass is 35.5. The Bertz CT molecular complexity index is 759. The molecule has 2 aliphatic rings. The zero-order valence-electron chi connectivity index (χ0n) is 10.7. The molecule has 0 fully saturated rings. The molecule has 0 amide bonds. The van der Waals surface area contributed by atoms with Crippen LogP contribution in [0.2, 0.25) is 0 Å². The van der Waals surface area contributed by atoms with Gasteiger partial charge in [0.2, 0.25) is 0 Å². The van der Waals surface area contributed by atoms with Crippen molar-refractivity contribution in [1.29, 1.82) is 0 Å². The topological polar surface area (TPSA) is 80.5 Å². The van der Waals surface area contributed by atoms with Gasteiger partial charge in [-0.15, -0.1) is 11.6 Å². The van der Waals surface area contributed by atoms with Gasteiger partial charge in [-0.25, -0.2) is 8.42 Å². The van der Waals surface area contributed by atoms with Crippen LogP contribution >= 0.6 is 11.6 Å². The second-order valence-corrected chi connectivity index (χ2v) is 7.11. The summed E-state index contributed by atoms with van der Waals surface area (Å²) in [6.45, 7) is 0. The van der Waals surface area contributed by atoms with Crippen molar-refractivity contribution in [3.8, 4) is 0 Å². The standard InChI is InChI=1S/C13H11ClN2O4S/c14-13-9-5-6-11(13)15(8-7-9)21(19,20)12-4-2-1-3-10(12)16(17)18/h1-9,11,13H. The summed E-state index contributed by atoms with van der Waals surface area (Å²) in [5, 5.41) is 10.6. The van der Waals surface area contributed by atoms with E-state index in [9.17, 15) is 18.5 Å². The number of nitrogens with zero attached hydrogens (tertiary/aromatic N) is 2. The molecule has 0 saturated heterocycles. The molecule has 110 valence electrons. The van der Waals surface area contributed by atoms with Gasteiger partial charge in [0, 0.05) is 18.2 Å². The van der Waals surface area contributed by atoms with Crippen LogP contribution in [0.3, 0.4) is 0 Å². The van der Waals surface area contributed by atoms with Crippen molar-refractivity contribution in [3.63, 3.8) is 0 Å². The van der Waals surface area contributed by atoms with Gasteiger partial charge in [-0.3, -0.25) is 14.4 Å². The Morgan fingerprint density at radius 3 is 2.62 bits per heavy atom. The van der Waals surface area contributed by atoms with Crippen LogP contribution in [0.5, 0.6) is 0 Å². The number of para-hydroxylation sites is 1. The van der Waals surface area contributed by atoms with Gasteiger partial charge in [0.25, 0.3) is 15.7 Å². The Labute approximate surface area is 126 Å². The third-order valence-electron chi connectivity index (χ3n) is 3.59. The van der Waals surface area contributed by atoms with Crippen LogP contribution in [-0.2, 0) is 10.0 Å². The molecule has 0 N–H and O–H groups in total. The maximum absolute atomic E-state index is 12.7. The maximum atomic E-state index is 12.7. The minimum Gasteiger partial charge on any atom is -0.265 e. The van der Waals surface area contributed by atoms with Crippen LogP contribution in [0.4, 0.5) is 5.69 Å². The van der Waals surface area contributed by atoms with Crippen LogP contribution in [0.25, 0.3) is 0 Å². The summed E-state index contributed by atoms with van der Waals surface area (Å²) in [6, 6.07) is 4.77. The van der Waals surface area contributed by atoms with Gasteiger partial charge >= 0.3 is 0 Å². The predicted molar refractivity (Wildman–Crippen MR) is 77.3 cm³/mol. The molecule has 0 spiro atoms. The Morgan fingerprint density at radius 1 is 1.19 bits per heavy atom. The lowest BCUT2D eigenvalue weighted by atomic mass is 10.1. The van der Waals surface area contributed by atoms with E-state index < -0.39 is 32.1 Å². The molecule has 0 aromatic heterocycles. The number of allylic oxidation sites excluding steroid dienone is 2. The van der Waals surface area contributed by atoms with E-state index in [1.54, 1.807) is 12.2 Å². The quantitative estimate of drug-likeness (QED) is 0.369. The van der Waals surface area contributed by atoms with E-state index in [0.717, 1.165) is 4.31 Å². The summed E-state index contributed by atoms with van der Waals surface area (Å²) in [5.74, 6) is -0.00567. The lowest BCUT2D eigenvalue weighted by Crippen LogP contribution is -2.42. The molecule has 2 bridgehead atoms. The van der Waals surface area contributed by atoms with E-state index in [2.05, 4.69) is 0 Å². The summed E-state index contributed by atoms with van der Waals surface area (Å²) in [7, 11) is -4.04. The van der Waals surface area contributed by atoms with E-state index in [1.165, 1.54) is 30.5 Å². The molecule has 1 aliphatic carbocycles. The van der Waals surface area contributed by atoms with Crippen molar-refractivity contribution in [3.05, 3.63) is 58.8 Å². The van der Waals surface area contributed by atoms with Crippen molar-refractivity contribution in [1.82, 2.24) is 4.31 Å². The molecule has 3 atom stereocenters. The Balaban J connectivity index is 2.10. The Kier molecular flexibility index (Phi) is 3.26. The molecule has 1 aromatic rings. The molecule has 1 heterocycles. The summed E-state index contributed by atoms with van der Waals surface area (Å²) < 4.78 is 26.5. The average Bonchev–Trinajstić information content (AvgIpc) is 2.69. The first-order valence-electron chi connectivity index (χ1n) is 6.20. The summed E-state index contributed by atoms with van der Waals surface area (Å²) in [5.41, 5.74) is -0.443. The van der Waals surface area contributed by atoms with Crippen molar-refractivity contribution in [2.45, 2.75) is 16.3 Å². The first-order valence-corrected chi connectivity index (χ1v) is 8.08. The molecule has 6 nitrogen and oxygen atoms in total. The second kappa shape index (κ2) is 4.85. The third kappa shape index (κ3) is 2.13. The lowest BCUT2D eigenvalue weighted by molar-refractivity contribution is -0.387. The van der Waals surface area contributed by atoms with E-state index in [0.29, 0.717) is 0 Å². The molecule has 3 unspecified atom stereocenters. The van der Waals surface area contributed by atoms with Crippen LogP contribution in [-0.4, -0.2) is 29.1 Å². The van der Waals surface area contributed by atoms with E-state index >= 15 is 0 Å². The van der Waals surface area contributed by atoms with Crippen molar-refractivity contribution < 1.29 is 13.3 Å². The fourth-order valence-corrected chi connectivity index (χ4v) is 4.62.